The quantitative estimate of drug-likeness (QED) is 0.866. The van der Waals surface area contributed by atoms with Crippen LogP contribution >= 0.6 is 48.0 Å². The molecule has 1 aromatic rings. The summed E-state index contributed by atoms with van der Waals surface area (Å²) in [5.41, 5.74) is 0.404. The average Bonchev–Trinajstić information content (AvgIpc) is 2.36. The Hall–Kier alpha value is 0.160. The van der Waals surface area contributed by atoms with E-state index in [2.05, 4.69) is 5.32 Å². The summed E-state index contributed by atoms with van der Waals surface area (Å²) in [6.45, 7) is 2.58. The van der Waals surface area contributed by atoms with Gasteiger partial charge in [0.2, 0.25) is 0 Å². The number of hydrogen-bond donors (Lipinski definition) is 1. The summed E-state index contributed by atoms with van der Waals surface area (Å²) in [6.07, 6.45) is -2.49. The SMILES string of the molecule is Cl.Cl.FC(F)[C@H](c1cccc(Cl)c1Cl)N1CCNCC1. The summed E-state index contributed by atoms with van der Waals surface area (Å²) < 4.78 is 26.6. The minimum absolute atomic E-state index is 0. The van der Waals surface area contributed by atoms with E-state index in [0.29, 0.717) is 36.8 Å². The number of nitrogens with one attached hydrogen (secondary N) is 1. The summed E-state index contributed by atoms with van der Waals surface area (Å²) in [6, 6.07) is 3.89. The van der Waals surface area contributed by atoms with Crippen LogP contribution in [0, 0.1) is 0 Å². The fraction of sp³-hybridized carbons (Fsp3) is 0.500. The first-order valence-electron chi connectivity index (χ1n) is 5.78. The predicted octanol–water partition coefficient (Wildman–Crippen LogP) is 4.05. The highest BCUT2D eigenvalue weighted by atomic mass is 35.5. The van der Waals surface area contributed by atoms with Crippen LogP contribution in [0.25, 0.3) is 0 Å². The molecule has 0 radical (unpaired) electrons. The summed E-state index contributed by atoms with van der Waals surface area (Å²) in [4.78, 5) is 1.75. The predicted molar refractivity (Wildman–Crippen MR) is 84.1 cm³/mol. The molecule has 116 valence electrons. The Bertz CT molecular complexity index is 414. The normalized spacial score (nSPS) is 17.2. The molecule has 20 heavy (non-hydrogen) atoms. The van der Waals surface area contributed by atoms with Gasteiger partial charge >= 0.3 is 0 Å². The number of rotatable bonds is 3. The lowest BCUT2D eigenvalue weighted by molar-refractivity contribution is 0.0182. The molecule has 1 N–H and O–H groups in total. The number of halogens is 6. The van der Waals surface area contributed by atoms with E-state index < -0.39 is 12.5 Å². The Morgan fingerprint density at radius 1 is 1.10 bits per heavy atom. The first kappa shape index (κ1) is 20.2. The molecule has 0 saturated carbocycles. The monoisotopic (exact) mass is 366 g/mol. The van der Waals surface area contributed by atoms with Crippen LogP contribution in [0.15, 0.2) is 18.2 Å². The highest BCUT2D eigenvalue weighted by Gasteiger charge is 2.31. The van der Waals surface area contributed by atoms with Gasteiger partial charge in [-0.1, -0.05) is 35.3 Å². The third-order valence-electron chi connectivity index (χ3n) is 3.08. The van der Waals surface area contributed by atoms with E-state index in [9.17, 15) is 8.78 Å². The van der Waals surface area contributed by atoms with Crippen molar-refractivity contribution in [2.45, 2.75) is 12.5 Å². The molecule has 2 nitrogen and oxygen atoms in total. The van der Waals surface area contributed by atoms with Crippen molar-refractivity contribution in [1.82, 2.24) is 10.2 Å². The molecule has 0 bridgehead atoms. The fourth-order valence-corrected chi connectivity index (χ4v) is 2.62. The van der Waals surface area contributed by atoms with E-state index in [4.69, 9.17) is 23.2 Å². The molecular weight excluding hydrogens is 352 g/mol. The minimum atomic E-state index is -2.49. The van der Waals surface area contributed by atoms with Crippen LogP contribution in [0.1, 0.15) is 11.6 Å². The second kappa shape index (κ2) is 9.23. The lowest BCUT2D eigenvalue weighted by Crippen LogP contribution is -2.47. The largest absolute Gasteiger partial charge is 0.314 e. The maximum absolute atomic E-state index is 13.3. The molecule has 0 aromatic heterocycles. The van der Waals surface area contributed by atoms with Gasteiger partial charge in [0, 0.05) is 26.2 Å². The van der Waals surface area contributed by atoms with Crippen LogP contribution in [-0.2, 0) is 0 Å². The van der Waals surface area contributed by atoms with Crippen LogP contribution in [0.4, 0.5) is 8.78 Å². The Labute approximate surface area is 139 Å². The lowest BCUT2D eigenvalue weighted by Gasteiger charge is -2.35. The van der Waals surface area contributed by atoms with E-state index in [0.717, 1.165) is 0 Å². The third kappa shape index (κ3) is 4.58. The Morgan fingerprint density at radius 2 is 1.70 bits per heavy atom. The maximum Gasteiger partial charge on any atom is 0.258 e. The van der Waals surface area contributed by atoms with Gasteiger partial charge in [0.05, 0.1) is 16.1 Å². The van der Waals surface area contributed by atoms with E-state index >= 15 is 0 Å². The van der Waals surface area contributed by atoms with E-state index in [1.54, 1.807) is 23.1 Å². The van der Waals surface area contributed by atoms with Crippen molar-refractivity contribution in [1.29, 1.82) is 0 Å². The number of alkyl halides is 2. The number of hydrogen-bond acceptors (Lipinski definition) is 2. The van der Waals surface area contributed by atoms with Gasteiger partial charge in [-0.25, -0.2) is 8.78 Å². The van der Waals surface area contributed by atoms with Crippen LogP contribution < -0.4 is 5.32 Å². The van der Waals surface area contributed by atoms with Crippen molar-refractivity contribution < 1.29 is 8.78 Å². The minimum Gasteiger partial charge on any atom is -0.314 e. The van der Waals surface area contributed by atoms with E-state index in [1.807, 2.05) is 0 Å². The lowest BCUT2D eigenvalue weighted by atomic mass is 10.0. The number of piperazine rings is 1. The molecule has 2 rings (SSSR count). The van der Waals surface area contributed by atoms with Crippen molar-refractivity contribution in [3.63, 3.8) is 0 Å². The van der Waals surface area contributed by atoms with Crippen LogP contribution in [0.3, 0.4) is 0 Å². The van der Waals surface area contributed by atoms with Crippen LogP contribution in [0.5, 0.6) is 0 Å². The fourth-order valence-electron chi connectivity index (χ4n) is 2.20. The van der Waals surface area contributed by atoms with Crippen molar-refractivity contribution in [3.05, 3.63) is 33.8 Å². The molecule has 1 aromatic carbocycles. The van der Waals surface area contributed by atoms with Crippen molar-refractivity contribution in [2.75, 3.05) is 26.2 Å². The molecule has 1 saturated heterocycles. The molecule has 1 heterocycles. The van der Waals surface area contributed by atoms with Gasteiger partial charge in [0.25, 0.3) is 6.43 Å². The van der Waals surface area contributed by atoms with E-state index in [1.165, 1.54) is 0 Å². The van der Waals surface area contributed by atoms with Gasteiger partial charge in [-0.2, -0.15) is 0 Å². The Balaban J connectivity index is 0.00000180. The zero-order valence-electron chi connectivity index (χ0n) is 10.5. The van der Waals surface area contributed by atoms with Crippen molar-refractivity contribution >= 4 is 48.0 Å². The van der Waals surface area contributed by atoms with Gasteiger partial charge in [-0.05, 0) is 11.6 Å². The summed E-state index contributed by atoms with van der Waals surface area (Å²) in [5, 5.41) is 3.68. The highest BCUT2D eigenvalue weighted by molar-refractivity contribution is 6.42. The van der Waals surface area contributed by atoms with Crippen molar-refractivity contribution in [2.24, 2.45) is 0 Å². The summed E-state index contributed by atoms with van der Waals surface area (Å²) in [5.74, 6) is 0. The molecule has 0 unspecified atom stereocenters. The van der Waals surface area contributed by atoms with Gasteiger partial charge in [-0.3, -0.25) is 4.90 Å². The molecule has 1 aliphatic rings. The van der Waals surface area contributed by atoms with Gasteiger partial charge in [-0.15, -0.1) is 24.8 Å². The zero-order chi connectivity index (χ0) is 13.1. The maximum atomic E-state index is 13.3. The topological polar surface area (TPSA) is 15.3 Å². The molecule has 1 fully saturated rings. The second-order valence-electron chi connectivity index (χ2n) is 4.21. The first-order chi connectivity index (χ1) is 8.61. The zero-order valence-corrected chi connectivity index (χ0v) is 13.6. The summed E-state index contributed by atoms with van der Waals surface area (Å²) in [7, 11) is 0. The Kier molecular flexibility index (Phi) is 9.31. The van der Waals surface area contributed by atoms with Crippen LogP contribution in [0.2, 0.25) is 10.0 Å². The van der Waals surface area contributed by atoms with Crippen molar-refractivity contribution in [3.8, 4) is 0 Å². The Morgan fingerprint density at radius 3 is 2.25 bits per heavy atom. The highest BCUT2D eigenvalue weighted by Crippen LogP contribution is 2.36. The average molecular weight is 368 g/mol. The summed E-state index contributed by atoms with van der Waals surface area (Å²) >= 11 is 11.9. The molecular formula is C12H16Cl4F2N2. The first-order valence-corrected chi connectivity index (χ1v) is 6.53. The molecule has 0 spiro atoms. The van der Waals surface area contributed by atoms with Gasteiger partial charge in [0.15, 0.2) is 0 Å². The standard InChI is InChI=1S/C12H14Cl2F2N2.2ClH/c13-9-3-1-2-8(10(9)14)11(12(15)16)18-6-4-17-5-7-18;;/h1-3,11-12,17H,4-7H2;2*1H/t11-;;/m0../s1. The molecule has 0 aliphatic carbocycles. The van der Waals surface area contributed by atoms with E-state index in [-0.39, 0.29) is 29.8 Å². The molecule has 1 atom stereocenters. The molecule has 8 heteroatoms. The molecule has 0 amide bonds. The van der Waals surface area contributed by atoms with Crippen LogP contribution in [-0.4, -0.2) is 37.5 Å². The molecule has 1 aliphatic heterocycles. The van der Waals surface area contributed by atoms with Gasteiger partial charge in [0.1, 0.15) is 0 Å². The smallest absolute Gasteiger partial charge is 0.258 e. The number of benzene rings is 1. The third-order valence-corrected chi connectivity index (χ3v) is 3.92. The van der Waals surface area contributed by atoms with Gasteiger partial charge < -0.3 is 5.32 Å². The number of nitrogens with zero attached hydrogens (tertiary/aromatic N) is 1. The second-order valence-corrected chi connectivity index (χ2v) is 4.99.